The van der Waals surface area contributed by atoms with Crippen molar-refractivity contribution >= 4 is 23.7 Å². The zero-order chi connectivity index (χ0) is 27.8. The molecule has 8 heteroatoms. The normalized spacial score (nSPS) is 24.9. The molecule has 2 aliphatic rings. The lowest BCUT2D eigenvalue weighted by molar-refractivity contribution is -0.153. The highest BCUT2D eigenvalue weighted by atomic mass is 16.5. The zero-order valence-corrected chi connectivity index (χ0v) is 23.0. The maximum Gasteiger partial charge on any atom is 0.326 e. The quantitative estimate of drug-likeness (QED) is 0.446. The average molecular weight is 520 g/mol. The van der Waals surface area contributed by atoms with E-state index < -0.39 is 35.3 Å². The van der Waals surface area contributed by atoms with Gasteiger partial charge in [-0.2, -0.15) is 0 Å². The maximum absolute atomic E-state index is 13.7. The Morgan fingerprint density at radius 1 is 1.03 bits per heavy atom. The molecule has 202 valence electrons. The second-order valence-corrected chi connectivity index (χ2v) is 11.4. The molecular weight excluding hydrogens is 482 g/mol. The van der Waals surface area contributed by atoms with E-state index in [1.54, 1.807) is 11.8 Å². The van der Waals surface area contributed by atoms with Gasteiger partial charge in [-0.25, -0.2) is 0 Å². The molecule has 0 radical (unpaired) electrons. The number of esters is 1. The highest BCUT2D eigenvalue weighted by Gasteiger charge is 2.66. The number of ether oxygens (including phenoxy) is 1. The molecule has 2 aromatic carbocycles. The second-order valence-electron chi connectivity index (χ2n) is 11.4. The number of rotatable bonds is 7. The number of nitrogens with one attached hydrogen (secondary N) is 1. The Hall–Kier alpha value is -3.52. The number of carbonyl (C=O) groups is 4. The van der Waals surface area contributed by atoms with Gasteiger partial charge in [0.1, 0.15) is 5.54 Å². The largest absolute Gasteiger partial charge is 0.468 e. The number of amides is 3. The smallest absolute Gasteiger partial charge is 0.326 e. The van der Waals surface area contributed by atoms with Crippen LogP contribution in [0.4, 0.5) is 0 Å². The van der Waals surface area contributed by atoms with Gasteiger partial charge in [-0.1, -0.05) is 63.2 Å². The van der Waals surface area contributed by atoms with Gasteiger partial charge in [0.2, 0.25) is 11.8 Å². The molecule has 0 unspecified atom stereocenters. The summed E-state index contributed by atoms with van der Waals surface area (Å²) in [7, 11) is 1.27. The van der Waals surface area contributed by atoms with Crippen LogP contribution in [-0.2, 0) is 31.1 Å². The van der Waals surface area contributed by atoms with Crippen molar-refractivity contribution < 1.29 is 23.9 Å². The van der Waals surface area contributed by atoms with Crippen LogP contribution in [0.25, 0.3) is 0 Å². The van der Waals surface area contributed by atoms with Crippen LogP contribution in [0.5, 0.6) is 0 Å². The summed E-state index contributed by atoms with van der Waals surface area (Å²) in [5.41, 5.74) is 1.07. The number of methoxy groups -OCH3 is 1. The molecule has 38 heavy (non-hydrogen) atoms. The Balaban J connectivity index is 1.61. The van der Waals surface area contributed by atoms with Crippen molar-refractivity contribution in [2.45, 2.75) is 58.2 Å². The zero-order valence-electron chi connectivity index (χ0n) is 23.0. The minimum Gasteiger partial charge on any atom is -0.468 e. The first-order chi connectivity index (χ1) is 17.9. The predicted octanol–water partition coefficient (Wildman–Crippen LogP) is 3.15. The minimum atomic E-state index is -1.39. The number of benzene rings is 2. The standard InChI is InChI=1S/C30H37N3O5/c1-7-32(25(34)20-13-15-21(16-14-20)29(2,3)4)18-22-23-24(30(5,31-22)28(37)38-6)27(36)33(26(23)35)17-19-11-9-8-10-12-19/h8-16,22-24,31H,7,17-18H2,1-6H3/t22-,23+,24-,30-/m1/s1. The number of hydrogen-bond donors (Lipinski definition) is 1. The van der Waals surface area contributed by atoms with Gasteiger partial charge >= 0.3 is 5.97 Å². The first-order valence-corrected chi connectivity index (χ1v) is 13.1. The summed E-state index contributed by atoms with van der Waals surface area (Å²) in [6, 6.07) is 16.2. The summed E-state index contributed by atoms with van der Waals surface area (Å²) in [5, 5.41) is 3.23. The van der Waals surface area contributed by atoms with Crippen LogP contribution in [0.1, 0.15) is 56.1 Å². The van der Waals surface area contributed by atoms with Crippen molar-refractivity contribution in [1.29, 1.82) is 0 Å². The predicted molar refractivity (Wildman–Crippen MR) is 143 cm³/mol. The molecule has 2 heterocycles. The lowest BCUT2D eigenvalue weighted by Gasteiger charge is -2.30. The number of carbonyl (C=O) groups excluding carboxylic acids is 4. The third kappa shape index (κ3) is 4.85. The van der Waals surface area contributed by atoms with E-state index in [0.717, 1.165) is 11.1 Å². The van der Waals surface area contributed by atoms with E-state index in [1.807, 2.05) is 61.5 Å². The Kier molecular flexibility index (Phi) is 7.48. The SMILES string of the molecule is CCN(C[C@H]1N[C@@](C)(C(=O)OC)[C@H]2C(=O)N(Cc3ccccc3)C(=O)[C@@H]12)C(=O)c1ccc(C(C)(C)C)cc1. The highest BCUT2D eigenvalue weighted by molar-refractivity contribution is 6.09. The Bertz CT molecular complexity index is 1220. The summed E-state index contributed by atoms with van der Waals surface area (Å²) in [4.78, 5) is 56.5. The van der Waals surface area contributed by atoms with Crippen molar-refractivity contribution in [2.24, 2.45) is 11.8 Å². The Morgan fingerprint density at radius 2 is 1.66 bits per heavy atom. The lowest BCUT2D eigenvalue weighted by atomic mass is 9.81. The van der Waals surface area contributed by atoms with Crippen molar-refractivity contribution in [3.8, 4) is 0 Å². The molecule has 2 fully saturated rings. The van der Waals surface area contributed by atoms with Gasteiger partial charge in [0.25, 0.3) is 5.91 Å². The molecule has 4 atom stereocenters. The number of likely N-dealkylation sites (tertiary alicyclic amines) is 1. The molecule has 2 aliphatic heterocycles. The molecular formula is C30H37N3O5. The number of fused-ring (bicyclic) bond motifs is 1. The fourth-order valence-electron chi connectivity index (χ4n) is 5.70. The minimum absolute atomic E-state index is 0.0336. The van der Waals surface area contributed by atoms with E-state index in [9.17, 15) is 19.2 Å². The van der Waals surface area contributed by atoms with Gasteiger partial charge in [0.15, 0.2) is 0 Å². The van der Waals surface area contributed by atoms with Gasteiger partial charge in [0.05, 0.1) is 25.5 Å². The van der Waals surface area contributed by atoms with Crippen LogP contribution in [0.3, 0.4) is 0 Å². The van der Waals surface area contributed by atoms with Gasteiger partial charge < -0.3 is 9.64 Å². The number of likely N-dealkylation sites (N-methyl/N-ethyl adjacent to an activating group) is 1. The summed E-state index contributed by atoms with van der Waals surface area (Å²) >= 11 is 0. The summed E-state index contributed by atoms with van der Waals surface area (Å²) < 4.78 is 5.05. The van der Waals surface area contributed by atoms with Crippen LogP contribution >= 0.6 is 0 Å². The van der Waals surface area contributed by atoms with Crippen LogP contribution in [0, 0.1) is 11.8 Å². The molecule has 2 saturated heterocycles. The van der Waals surface area contributed by atoms with E-state index in [0.29, 0.717) is 12.1 Å². The topological polar surface area (TPSA) is 96.0 Å². The van der Waals surface area contributed by atoms with Crippen LogP contribution in [-0.4, -0.2) is 65.3 Å². The lowest BCUT2D eigenvalue weighted by Crippen LogP contribution is -2.56. The van der Waals surface area contributed by atoms with E-state index in [1.165, 1.54) is 12.0 Å². The van der Waals surface area contributed by atoms with Crippen molar-refractivity contribution in [3.63, 3.8) is 0 Å². The summed E-state index contributed by atoms with van der Waals surface area (Å²) in [6.45, 7) is 10.5. The van der Waals surface area contributed by atoms with E-state index in [4.69, 9.17) is 4.74 Å². The monoisotopic (exact) mass is 519 g/mol. The highest BCUT2D eigenvalue weighted by Crippen LogP contribution is 2.44. The van der Waals surface area contributed by atoms with E-state index in [-0.39, 0.29) is 30.3 Å². The van der Waals surface area contributed by atoms with Gasteiger partial charge in [-0.15, -0.1) is 0 Å². The molecule has 4 rings (SSSR count). The van der Waals surface area contributed by atoms with E-state index >= 15 is 0 Å². The molecule has 0 spiro atoms. The molecule has 2 aromatic rings. The first kappa shape index (κ1) is 27.5. The van der Waals surface area contributed by atoms with Gasteiger partial charge in [0, 0.05) is 24.7 Å². The molecule has 0 bridgehead atoms. The first-order valence-electron chi connectivity index (χ1n) is 13.1. The Labute approximate surface area is 224 Å². The Morgan fingerprint density at radius 3 is 2.21 bits per heavy atom. The maximum atomic E-state index is 13.7. The number of nitrogens with zero attached hydrogens (tertiary/aromatic N) is 2. The molecule has 3 amide bonds. The molecule has 8 nitrogen and oxygen atoms in total. The fraction of sp³-hybridized carbons (Fsp3) is 0.467. The van der Waals surface area contributed by atoms with Crippen molar-refractivity contribution in [2.75, 3.05) is 20.2 Å². The molecule has 1 N–H and O–H groups in total. The molecule has 0 aromatic heterocycles. The average Bonchev–Trinajstić information content (AvgIpc) is 3.34. The van der Waals surface area contributed by atoms with Gasteiger partial charge in [-0.05, 0) is 42.5 Å². The molecule has 0 saturated carbocycles. The third-order valence-electron chi connectivity index (χ3n) is 7.86. The van der Waals surface area contributed by atoms with Crippen LogP contribution in [0.2, 0.25) is 0 Å². The van der Waals surface area contributed by atoms with Crippen molar-refractivity contribution in [3.05, 3.63) is 71.3 Å². The van der Waals surface area contributed by atoms with Crippen LogP contribution in [0.15, 0.2) is 54.6 Å². The van der Waals surface area contributed by atoms with E-state index in [2.05, 4.69) is 26.1 Å². The van der Waals surface area contributed by atoms with Crippen molar-refractivity contribution in [1.82, 2.24) is 15.1 Å². The third-order valence-corrected chi connectivity index (χ3v) is 7.86. The fourth-order valence-corrected chi connectivity index (χ4v) is 5.70. The summed E-state index contributed by atoms with van der Waals surface area (Å²) in [5.74, 6) is -3.23. The second kappa shape index (κ2) is 10.3. The number of imide groups is 1. The van der Waals surface area contributed by atoms with Crippen LogP contribution < -0.4 is 5.32 Å². The summed E-state index contributed by atoms with van der Waals surface area (Å²) in [6.07, 6.45) is 0. The van der Waals surface area contributed by atoms with Gasteiger partial charge in [-0.3, -0.25) is 29.4 Å². The molecule has 0 aliphatic carbocycles. The number of hydrogen-bond acceptors (Lipinski definition) is 6.